The van der Waals surface area contributed by atoms with E-state index in [9.17, 15) is 28.4 Å². The maximum atomic E-state index is 14.6. The zero-order valence-electron chi connectivity index (χ0n) is 34.5. The van der Waals surface area contributed by atoms with Gasteiger partial charge in [-0.05, 0) is 94.4 Å². The molecule has 3 N–H and O–H groups in total. The van der Waals surface area contributed by atoms with Crippen LogP contribution in [0.25, 0.3) is 0 Å². The molecule has 0 aliphatic carbocycles. The van der Waals surface area contributed by atoms with Crippen LogP contribution >= 0.6 is 0 Å². The van der Waals surface area contributed by atoms with Gasteiger partial charge in [0, 0.05) is 87.7 Å². The minimum Gasteiger partial charge on any atom is -0.376 e. The van der Waals surface area contributed by atoms with Gasteiger partial charge >= 0.3 is 0 Å². The Morgan fingerprint density at radius 3 is 2.34 bits per heavy atom. The van der Waals surface area contributed by atoms with Crippen LogP contribution < -0.4 is 20.9 Å². The number of carbonyl (C=O) groups excluding carboxylic acids is 5. The summed E-state index contributed by atoms with van der Waals surface area (Å²) in [6, 6.07) is 18.5. The second-order valence-corrected chi connectivity index (χ2v) is 16.6. The number of likely N-dealkylation sites (tertiary alicyclic amines) is 1. The summed E-state index contributed by atoms with van der Waals surface area (Å²) in [7, 11) is 4.29. The van der Waals surface area contributed by atoms with E-state index >= 15 is 0 Å². The van der Waals surface area contributed by atoms with Crippen molar-refractivity contribution in [2.24, 2.45) is 0 Å². The first kappa shape index (κ1) is 42.0. The Labute approximate surface area is 346 Å². The number of likely N-dealkylation sites (N-methyl/N-ethyl adjacent to an activating group) is 1. The minimum absolute atomic E-state index is 0.0162. The van der Waals surface area contributed by atoms with Crippen molar-refractivity contribution >= 4 is 40.9 Å². The van der Waals surface area contributed by atoms with Crippen molar-refractivity contribution in [3.63, 3.8) is 0 Å². The van der Waals surface area contributed by atoms with Gasteiger partial charge in [-0.3, -0.25) is 44.0 Å². The molecule has 5 amide bonds. The van der Waals surface area contributed by atoms with E-state index in [0.29, 0.717) is 30.7 Å². The number of piperazine rings is 1. The topological polar surface area (TPSA) is 138 Å². The first-order valence-corrected chi connectivity index (χ1v) is 21.0. The number of piperidine rings is 1. The highest BCUT2D eigenvalue weighted by Gasteiger charge is 2.44. The molecule has 7 rings (SSSR count). The highest BCUT2D eigenvalue weighted by atomic mass is 19.1. The Morgan fingerprint density at radius 2 is 1.61 bits per heavy atom. The number of halogens is 1. The van der Waals surface area contributed by atoms with E-state index in [1.165, 1.54) is 23.4 Å². The number of nitrogens with zero attached hydrogens (tertiary/aromatic N) is 5. The van der Waals surface area contributed by atoms with Crippen LogP contribution in [0, 0.1) is 12.7 Å². The van der Waals surface area contributed by atoms with Crippen molar-refractivity contribution in [2.75, 3.05) is 83.2 Å². The van der Waals surface area contributed by atoms with Crippen LogP contribution in [0.2, 0.25) is 0 Å². The van der Waals surface area contributed by atoms with Crippen molar-refractivity contribution in [2.45, 2.75) is 70.0 Å². The minimum atomic E-state index is -1.02. The lowest BCUT2D eigenvalue weighted by molar-refractivity contribution is -0.136. The van der Waals surface area contributed by atoms with Gasteiger partial charge in [0.25, 0.3) is 11.8 Å². The summed E-state index contributed by atoms with van der Waals surface area (Å²) in [5, 5.41) is 8.16. The molecule has 0 saturated carbocycles. The third-order valence-electron chi connectivity index (χ3n) is 12.4. The highest BCUT2D eigenvalue weighted by Crippen LogP contribution is 2.34. The molecule has 0 bridgehead atoms. The molecule has 0 aromatic heterocycles. The predicted octanol–water partition coefficient (Wildman–Crippen LogP) is 3.98. The average molecular weight is 809 g/mol. The Morgan fingerprint density at radius 1 is 0.864 bits per heavy atom. The molecule has 4 aliphatic rings. The molecule has 13 nitrogen and oxygen atoms in total. The molecular weight excluding hydrogens is 752 g/mol. The molecule has 3 saturated heterocycles. The van der Waals surface area contributed by atoms with Crippen LogP contribution in [0.3, 0.4) is 0 Å². The number of anilines is 2. The molecule has 14 heteroatoms. The van der Waals surface area contributed by atoms with Crippen molar-refractivity contribution in [3.05, 3.63) is 94.3 Å². The maximum absolute atomic E-state index is 14.6. The fraction of sp³-hybridized carbons (Fsp3) is 0.489. The molecule has 3 fully saturated rings. The smallest absolute Gasteiger partial charge is 0.262 e. The number of aryl methyl sites for hydroxylation is 1. The van der Waals surface area contributed by atoms with Gasteiger partial charge < -0.3 is 20.4 Å². The van der Waals surface area contributed by atoms with Crippen molar-refractivity contribution in [1.29, 1.82) is 0 Å². The van der Waals surface area contributed by atoms with Gasteiger partial charge in [-0.2, -0.15) is 0 Å². The summed E-state index contributed by atoms with van der Waals surface area (Å²) in [6.07, 6.45) is 4.29. The van der Waals surface area contributed by atoms with Gasteiger partial charge in [-0.25, -0.2) is 4.39 Å². The van der Waals surface area contributed by atoms with Gasteiger partial charge in [0.05, 0.1) is 17.7 Å². The Hall–Kier alpha value is -5.18. The van der Waals surface area contributed by atoms with Gasteiger partial charge in [-0.15, -0.1) is 0 Å². The molecule has 4 aliphatic heterocycles. The van der Waals surface area contributed by atoms with E-state index < -0.39 is 29.7 Å². The Kier molecular flexibility index (Phi) is 13.4. The lowest BCUT2D eigenvalue weighted by Crippen LogP contribution is -2.54. The van der Waals surface area contributed by atoms with Gasteiger partial charge in [0.2, 0.25) is 17.7 Å². The number of imide groups is 2. The summed E-state index contributed by atoms with van der Waals surface area (Å²) >= 11 is 0. The standard InChI is InChI=1S/C45H57FN8O5/c1-30-9-8-10-38(46)36(30)27-52-28-37(40(29-52)50(2)3)31-11-14-33(15-12-31)53-23-21-51(22-24-53)20-7-5-4-6-19-47-42(56)26-48-32-13-16-34-35(25-32)45(59)54(44(34)58)39-17-18-41(55)49-43(39)57/h8-16,25,37,39-40,48H,4-7,17-24,26-29H2,1-3H3,(H,47,56)(H,49,55,57)/t37-,39?,40+/m1/s1. The maximum Gasteiger partial charge on any atom is 0.262 e. The first-order chi connectivity index (χ1) is 28.5. The zero-order chi connectivity index (χ0) is 41.6. The van der Waals surface area contributed by atoms with Crippen LogP contribution in [0.15, 0.2) is 60.7 Å². The molecule has 3 aromatic rings. The SMILES string of the molecule is Cc1cccc(F)c1CN1C[C@H](c2ccc(N3CCN(CCCCCCNC(=O)CNc4ccc5c(c4)C(=O)N(C4CCC(=O)NC4=O)C5=O)CC3)cc2)[C@@H](N(C)C)C1. The summed E-state index contributed by atoms with van der Waals surface area (Å²) < 4.78 is 14.6. The largest absolute Gasteiger partial charge is 0.376 e. The lowest BCUT2D eigenvalue weighted by Gasteiger charge is -2.36. The number of nitrogens with one attached hydrogen (secondary N) is 3. The van der Waals surface area contributed by atoms with Crippen molar-refractivity contribution < 1.29 is 28.4 Å². The summed E-state index contributed by atoms with van der Waals surface area (Å²) in [6.45, 7) is 10.2. The normalized spacial score (nSPS) is 21.3. The van der Waals surface area contributed by atoms with Gasteiger partial charge in [0.1, 0.15) is 11.9 Å². The number of benzene rings is 3. The van der Waals surface area contributed by atoms with E-state index in [1.807, 2.05) is 13.0 Å². The number of hydrogen-bond donors (Lipinski definition) is 3. The van der Waals surface area contributed by atoms with Crippen molar-refractivity contribution in [3.8, 4) is 0 Å². The summed E-state index contributed by atoms with van der Waals surface area (Å²) in [4.78, 5) is 73.0. The number of hydrogen-bond acceptors (Lipinski definition) is 10. The number of carbonyl (C=O) groups is 5. The average Bonchev–Trinajstić information content (AvgIpc) is 3.76. The number of rotatable bonds is 16. The quantitative estimate of drug-likeness (QED) is 0.144. The van der Waals surface area contributed by atoms with E-state index in [0.717, 1.165) is 87.5 Å². The second kappa shape index (κ2) is 18.8. The van der Waals surface area contributed by atoms with E-state index in [4.69, 9.17) is 0 Å². The molecule has 3 atom stereocenters. The molecule has 59 heavy (non-hydrogen) atoms. The fourth-order valence-corrected chi connectivity index (χ4v) is 8.97. The molecule has 4 heterocycles. The molecule has 3 aromatic carbocycles. The van der Waals surface area contributed by atoms with Crippen LogP contribution in [0.1, 0.15) is 81.8 Å². The third kappa shape index (κ3) is 9.83. The number of fused-ring (bicyclic) bond motifs is 1. The first-order valence-electron chi connectivity index (χ1n) is 21.0. The number of amides is 5. The zero-order valence-corrected chi connectivity index (χ0v) is 34.5. The monoisotopic (exact) mass is 808 g/mol. The van der Waals surface area contributed by atoms with Crippen LogP contribution in [0.5, 0.6) is 0 Å². The van der Waals surface area contributed by atoms with E-state index in [-0.39, 0.29) is 42.2 Å². The second-order valence-electron chi connectivity index (χ2n) is 16.6. The third-order valence-corrected chi connectivity index (χ3v) is 12.4. The van der Waals surface area contributed by atoms with E-state index in [2.05, 4.69) is 73.9 Å². The van der Waals surface area contributed by atoms with Crippen LogP contribution in [0.4, 0.5) is 15.8 Å². The predicted molar refractivity (Wildman–Crippen MR) is 225 cm³/mol. The molecule has 314 valence electrons. The number of unbranched alkanes of at least 4 members (excludes halogenated alkanes) is 3. The van der Waals surface area contributed by atoms with Crippen LogP contribution in [-0.2, 0) is 20.9 Å². The Balaban J connectivity index is 0.762. The summed E-state index contributed by atoms with van der Waals surface area (Å²) in [5.74, 6) is -2.14. The molecule has 1 unspecified atom stereocenters. The van der Waals surface area contributed by atoms with Gasteiger partial charge in [0.15, 0.2) is 0 Å². The lowest BCUT2D eigenvalue weighted by atomic mass is 9.93. The van der Waals surface area contributed by atoms with E-state index in [1.54, 1.807) is 18.2 Å². The van der Waals surface area contributed by atoms with Crippen LogP contribution in [-0.4, -0.2) is 134 Å². The van der Waals surface area contributed by atoms with Gasteiger partial charge in [-0.1, -0.05) is 37.1 Å². The Bertz CT molecular complexity index is 2010. The molecule has 0 radical (unpaired) electrons. The highest BCUT2D eigenvalue weighted by molar-refractivity contribution is 6.23. The molecule has 0 spiro atoms. The van der Waals surface area contributed by atoms with Crippen molar-refractivity contribution in [1.82, 2.24) is 30.2 Å². The fourth-order valence-electron chi connectivity index (χ4n) is 8.97. The summed E-state index contributed by atoms with van der Waals surface area (Å²) in [5.41, 5.74) is 5.29. The molecular formula is C45H57FN8O5.